The summed E-state index contributed by atoms with van der Waals surface area (Å²) in [5.41, 5.74) is 1.05. The Morgan fingerprint density at radius 3 is 2.50 bits per heavy atom. The van der Waals surface area contributed by atoms with Gasteiger partial charge in [0, 0.05) is 11.0 Å². The van der Waals surface area contributed by atoms with Crippen molar-refractivity contribution >= 4 is 21.9 Å². The zero-order chi connectivity index (χ0) is 14.4. The van der Waals surface area contributed by atoms with E-state index < -0.39 is 0 Å². The van der Waals surface area contributed by atoms with Gasteiger partial charge in [0.05, 0.1) is 13.2 Å². The normalized spacial score (nSPS) is 10.3. The average molecular weight is 341 g/mol. The van der Waals surface area contributed by atoms with Crippen molar-refractivity contribution in [2.45, 2.75) is 20.4 Å². The first-order valence-corrected chi connectivity index (χ1v) is 7.21. The van der Waals surface area contributed by atoms with Crippen LogP contribution >= 0.6 is 15.9 Å². The molecule has 0 unspecified atom stereocenters. The zero-order valence-electron chi connectivity index (χ0n) is 11.4. The van der Waals surface area contributed by atoms with Crippen LogP contribution in [0.4, 0.5) is 5.95 Å². The molecule has 0 atom stereocenters. The number of halogens is 1. The van der Waals surface area contributed by atoms with E-state index in [0.717, 1.165) is 21.5 Å². The Labute approximate surface area is 126 Å². The predicted octanol–water partition coefficient (Wildman–Crippen LogP) is 2.98. The molecule has 1 aromatic carbocycles. The topological polar surface area (TPSA) is 72.1 Å². The van der Waals surface area contributed by atoms with E-state index in [1.165, 1.54) is 6.33 Å². The number of ether oxygens (including phenoxy) is 2. The molecule has 2 rings (SSSR count). The molecule has 2 aromatic rings. The number of aromatic nitrogens is 3. The minimum atomic E-state index is 0.594. The molecule has 0 aliphatic rings. The van der Waals surface area contributed by atoms with Gasteiger partial charge in [-0.2, -0.15) is 5.10 Å². The van der Waals surface area contributed by atoms with Crippen LogP contribution in [0.1, 0.15) is 19.4 Å². The van der Waals surface area contributed by atoms with E-state index in [1.807, 2.05) is 26.0 Å². The van der Waals surface area contributed by atoms with Crippen molar-refractivity contribution in [2.24, 2.45) is 0 Å². The number of rotatable bonds is 7. The molecule has 0 fully saturated rings. The first kappa shape index (κ1) is 14.6. The Kier molecular flexibility index (Phi) is 5.23. The highest BCUT2D eigenvalue weighted by atomic mass is 79.9. The highest BCUT2D eigenvalue weighted by molar-refractivity contribution is 9.10. The van der Waals surface area contributed by atoms with Crippen molar-refractivity contribution in [3.05, 3.63) is 28.5 Å². The molecule has 0 spiro atoms. The molecule has 0 saturated heterocycles. The van der Waals surface area contributed by atoms with Gasteiger partial charge in [0.15, 0.2) is 11.5 Å². The summed E-state index contributed by atoms with van der Waals surface area (Å²) in [6, 6.07) is 3.88. The Bertz CT molecular complexity index is 546. The highest BCUT2D eigenvalue weighted by Gasteiger charge is 2.11. The number of benzene rings is 1. The first-order chi connectivity index (χ1) is 9.74. The van der Waals surface area contributed by atoms with Gasteiger partial charge < -0.3 is 14.8 Å². The lowest BCUT2D eigenvalue weighted by Gasteiger charge is -2.14. The van der Waals surface area contributed by atoms with Crippen molar-refractivity contribution in [2.75, 3.05) is 18.5 Å². The SMILES string of the molecule is CCOc1cc(Br)c(CNc2ncn[nH]2)cc1OCC. The van der Waals surface area contributed by atoms with Gasteiger partial charge in [-0.1, -0.05) is 15.9 Å². The van der Waals surface area contributed by atoms with E-state index in [4.69, 9.17) is 9.47 Å². The summed E-state index contributed by atoms with van der Waals surface area (Å²) < 4.78 is 12.1. The standard InChI is InChI=1S/C13H17BrN4O2/c1-3-19-11-5-9(7-15-13-16-8-17-18-13)10(14)6-12(11)20-4-2/h5-6,8H,3-4,7H2,1-2H3,(H2,15,16,17,18). The summed E-state index contributed by atoms with van der Waals surface area (Å²) in [4.78, 5) is 4.02. The molecule has 0 radical (unpaired) electrons. The largest absolute Gasteiger partial charge is 0.490 e. The van der Waals surface area contributed by atoms with Gasteiger partial charge in [-0.3, -0.25) is 0 Å². The molecule has 6 nitrogen and oxygen atoms in total. The first-order valence-electron chi connectivity index (χ1n) is 6.41. The van der Waals surface area contributed by atoms with Crippen LogP contribution in [0.2, 0.25) is 0 Å². The van der Waals surface area contributed by atoms with Gasteiger partial charge in [-0.15, -0.1) is 0 Å². The highest BCUT2D eigenvalue weighted by Crippen LogP contribution is 2.34. The molecular formula is C13H17BrN4O2. The molecule has 1 aromatic heterocycles. The summed E-state index contributed by atoms with van der Waals surface area (Å²) in [5.74, 6) is 2.11. The third-order valence-electron chi connectivity index (χ3n) is 2.57. The smallest absolute Gasteiger partial charge is 0.218 e. The molecule has 20 heavy (non-hydrogen) atoms. The minimum Gasteiger partial charge on any atom is -0.490 e. The number of H-pyrrole nitrogens is 1. The Morgan fingerprint density at radius 1 is 1.20 bits per heavy atom. The molecule has 0 aliphatic heterocycles. The summed E-state index contributed by atoms with van der Waals surface area (Å²) in [5, 5.41) is 9.69. The van der Waals surface area contributed by atoms with E-state index in [2.05, 4.69) is 36.4 Å². The molecule has 1 heterocycles. The minimum absolute atomic E-state index is 0.594. The number of aromatic amines is 1. The number of hydrogen-bond donors (Lipinski definition) is 2. The van der Waals surface area contributed by atoms with Crippen molar-refractivity contribution in [1.82, 2.24) is 15.2 Å². The van der Waals surface area contributed by atoms with Crippen LogP contribution in [-0.2, 0) is 6.54 Å². The summed E-state index contributed by atoms with van der Waals surface area (Å²) in [6.45, 7) is 5.69. The lowest BCUT2D eigenvalue weighted by Crippen LogP contribution is -2.04. The second kappa shape index (κ2) is 7.14. The Balaban J connectivity index is 2.17. The maximum absolute atomic E-state index is 5.61. The maximum Gasteiger partial charge on any atom is 0.218 e. The molecule has 0 bridgehead atoms. The Hall–Kier alpha value is -1.76. The quantitative estimate of drug-likeness (QED) is 0.810. The van der Waals surface area contributed by atoms with Crippen LogP contribution in [0.5, 0.6) is 11.5 Å². The number of nitrogens with one attached hydrogen (secondary N) is 2. The van der Waals surface area contributed by atoms with Gasteiger partial charge in [0.1, 0.15) is 6.33 Å². The zero-order valence-corrected chi connectivity index (χ0v) is 13.0. The molecule has 7 heteroatoms. The summed E-state index contributed by atoms with van der Waals surface area (Å²) in [7, 11) is 0. The van der Waals surface area contributed by atoms with Crippen molar-refractivity contribution in [1.29, 1.82) is 0 Å². The second-order valence-corrected chi connectivity index (χ2v) is 4.80. The van der Waals surface area contributed by atoms with Crippen LogP contribution < -0.4 is 14.8 Å². The van der Waals surface area contributed by atoms with Crippen LogP contribution in [0.15, 0.2) is 22.9 Å². The van der Waals surface area contributed by atoms with Crippen LogP contribution in [-0.4, -0.2) is 28.4 Å². The second-order valence-electron chi connectivity index (χ2n) is 3.94. The van der Waals surface area contributed by atoms with Gasteiger partial charge in [-0.05, 0) is 31.5 Å². The van der Waals surface area contributed by atoms with Crippen molar-refractivity contribution < 1.29 is 9.47 Å². The molecule has 0 amide bonds. The third kappa shape index (κ3) is 3.63. The number of hydrogen-bond acceptors (Lipinski definition) is 5. The fraction of sp³-hybridized carbons (Fsp3) is 0.385. The lowest BCUT2D eigenvalue weighted by molar-refractivity contribution is 0.287. The maximum atomic E-state index is 5.61. The summed E-state index contributed by atoms with van der Waals surface area (Å²) >= 11 is 3.54. The Morgan fingerprint density at radius 2 is 1.90 bits per heavy atom. The molecule has 0 aliphatic carbocycles. The van der Waals surface area contributed by atoms with Crippen LogP contribution in [0.25, 0.3) is 0 Å². The fourth-order valence-corrected chi connectivity index (χ4v) is 2.18. The molecule has 108 valence electrons. The van der Waals surface area contributed by atoms with Gasteiger partial charge in [-0.25, -0.2) is 10.1 Å². The van der Waals surface area contributed by atoms with E-state index in [-0.39, 0.29) is 0 Å². The van der Waals surface area contributed by atoms with Gasteiger partial charge >= 0.3 is 0 Å². The van der Waals surface area contributed by atoms with E-state index in [9.17, 15) is 0 Å². The van der Waals surface area contributed by atoms with Crippen molar-refractivity contribution in [3.8, 4) is 11.5 Å². The van der Waals surface area contributed by atoms with Gasteiger partial charge in [0.2, 0.25) is 5.95 Å². The van der Waals surface area contributed by atoms with E-state index >= 15 is 0 Å². The fourth-order valence-electron chi connectivity index (χ4n) is 1.72. The van der Waals surface area contributed by atoms with Crippen molar-refractivity contribution in [3.63, 3.8) is 0 Å². The molecular weight excluding hydrogens is 324 g/mol. The van der Waals surface area contributed by atoms with Gasteiger partial charge in [0.25, 0.3) is 0 Å². The average Bonchev–Trinajstić information content (AvgIpc) is 2.94. The molecule has 0 saturated carbocycles. The number of nitrogens with zero attached hydrogens (tertiary/aromatic N) is 2. The van der Waals surface area contributed by atoms with E-state index in [1.54, 1.807) is 0 Å². The number of anilines is 1. The summed E-state index contributed by atoms with van der Waals surface area (Å²) in [6.07, 6.45) is 1.46. The lowest BCUT2D eigenvalue weighted by atomic mass is 10.2. The third-order valence-corrected chi connectivity index (χ3v) is 3.31. The van der Waals surface area contributed by atoms with E-state index in [0.29, 0.717) is 25.7 Å². The van der Waals surface area contributed by atoms with Crippen LogP contribution in [0, 0.1) is 0 Å². The molecule has 2 N–H and O–H groups in total. The monoisotopic (exact) mass is 340 g/mol. The predicted molar refractivity (Wildman–Crippen MR) is 80.2 cm³/mol. The van der Waals surface area contributed by atoms with Crippen LogP contribution in [0.3, 0.4) is 0 Å².